The molecule has 0 aliphatic carbocycles. The maximum Gasteiger partial charge on any atom is 0.374 e. The Kier molecular flexibility index (Phi) is 3.98. The number of carbonyl (C=O) groups excluding carboxylic acids is 1. The second-order valence-electron chi connectivity index (χ2n) is 5.11. The van der Waals surface area contributed by atoms with E-state index in [1.165, 1.54) is 31.4 Å². The highest BCUT2D eigenvalue weighted by molar-refractivity contribution is 7.87. The number of nitrogens with one attached hydrogen (secondary N) is 1. The third-order valence-corrected chi connectivity index (χ3v) is 4.56. The summed E-state index contributed by atoms with van der Waals surface area (Å²) in [5, 5.41) is 0. The number of imidazole rings is 1. The molecule has 1 heterocycles. The van der Waals surface area contributed by atoms with Crippen molar-refractivity contribution in [1.82, 2.24) is 9.97 Å². The van der Waals surface area contributed by atoms with E-state index in [9.17, 15) is 13.2 Å². The lowest BCUT2D eigenvalue weighted by Gasteiger charge is -2.07. The van der Waals surface area contributed by atoms with Crippen molar-refractivity contribution in [2.45, 2.75) is 11.8 Å². The Labute approximate surface area is 138 Å². The van der Waals surface area contributed by atoms with Crippen molar-refractivity contribution in [1.29, 1.82) is 0 Å². The van der Waals surface area contributed by atoms with Crippen molar-refractivity contribution in [3.63, 3.8) is 0 Å². The van der Waals surface area contributed by atoms with Crippen molar-refractivity contribution in [2.24, 2.45) is 0 Å². The van der Waals surface area contributed by atoms with Crippen molar-refractivity contribution < 1.29 is 22.1 Å². The summed E-state index contributed by atoms with van der Waals surface area (Å²) in [4.78, 5) is 18.4. The Bertz CT molecular complexity index is 1020. The molecule has 0 aliphatic heterocycles. The minimum Gasteiger partial charge on any atom is -0.463 e. The van der Waals surface area contributed by atoms with Crippen LogP contribution >= 0.6 is 0 Å². The van der Waals surface area contributed by atoms with Gasteiger partial charge in [0.2, 0.25) is 5.82 Å². The summed E-state index contributed by atoms with van der Waals surface area (Å²) in [6.07, 6.45) is 0. The number of fused-ring (bicyclic) bond motifs is 1. The molecule has 0 spiro atoms. The molecule has 0 amide bonds. The van der Waals surface area contributed by atoms with Crippen LogP contribution in [0.4, 0.5) is 0 Å². The zero-order valence-corrected chi connectivity index (χ0v) is 13.8. The summed E-state index contributed by atoms with van der Waals surface area (Å²) >= 11 is 0. The fourth-order valence-corrected chi connectivity index (χ4v) is 3.21. The first-order valence-corrected chi connectivity index (χ1v) is 8.39. The molecule has 0 saturated carbocycles. The largest absolute Gasteiger partial charge is 0.463 e. The van der Waals surface area contributed by atoms with E-state index in [0.29, 0.717) is 11.0 Å². The van der Waals surface area contributed by atoms with Crippen LogP contribution in [0.2, 0.25) is 0 Å². The number of hydrogen-bond donors (Lipinski definition) is 1. The quantitative estimate of drug-likeness (QED) is 0.575. The molecule has 3 rings (SSSR count). The summed E-state index contributed by atoms with van der Waals surface area (Å²) < 4.78 is 34.4. The second-order valence-corrected chi connectivity index (χ2v) is 6.66. The Morgan fingerprint density at radius 2 is 1.96 bits per heavy atom. The van der Waals surface area contributed by atoms with E-state index in [0.717, 1.165) is 5.56 Å². The van der Waals surface area contributed by atoms with Crippen molar-refractivity contribution >= 4 is 27.1 Å². The first kappa shape index (κ1) is 16.0. The highest BCUT2D eigenvalue weighted by Gasteiger charge is 2.18. The maximum absolute atomic E-state index is 12.3. The summed E-state index contributed by atoms with van der Waals surface area (Å²) in [7, 11) is -2.70. The SMILES string of the molecule is COC(=O)c1nc2ccc(OS(=O)(=O)c3cccc(C)c3)cc2[nH]1. The normalized spacial score (nSPS) is 11.4. The predicted molar refractivity (Wildman–Crippen MR) is 86.4 cm³/mol. The molecule has 0 bridgehead atoms. The number of rotatable bonds is 4. The smallest absolute Gasteiger partial charge is 0.374 e. The van der Waals surface area contributed by atoms with Gasteiger partial charge in [0.15, 0.2) is 0 Å². The highest BCUT2D eigenvalue weighted by atomic mass is 32.2. The summed E-state index contributed by atoms with van der Waals surface area (Å²) in [5.41, 5.74) is 1.77. The lowest BCUT2D eigenvalue weighted by molar-refractivity contribution is 0.0588. The Balaban J connectivity index is 1.93. The molecule has 0 fully saturated rings. The van der Waals surface area contributed by atoms with E-state index in [-0.39, 0.29) is 16.5 Å². The van der Waals surface area contributed by atoms with Gasteiger partial charge in [0.1, 0.15) is 10.6 Å². The highest BCUT2D eigenvalue weighted by Crippen LogP contribution is 2.23. The molecule has 0 aliphatic rings. The van der Waals surface area contributed by atoms with Gasteiger partial charge in [0.05, 0.1) is 18.1 Å². The van der Waals surface area contributed by atoms with Crippen LogP contribution in [0.1, 0.15) is 16.2 Å². The van der Waals surface area contributed by atoms with E-state index in [2.05, 4.69) is 14.7 Å². The third-order valence-electron chi connectivity index (χ3n) is 3.32. The van der Waals surface area contributed by atoms with Crippen LogP contribution in [0, 0.1) is 6.92 Å². The summed E-state index contributed by atoms with van der Waals surface area (Å²) in [5.74, 6) is -0.462. The minimum atomic E-state index is -3.94. The van der Waals surface area contributed by atoms with Crippen molar-refractivity contribution in [3.8, 4) is 5.75 Å². The molecular weight excluding hydrogens is 332 g/mol. The molecule has 8 heteroatoms. The van der Waals surface area contributed by atoms with Gasteiger partial charge in [0.25, 0.3) is 0 Å². The number of carbonyl (C=O) groups is 1. The number of ether oxygens (including phenoxy) is 1. The van der Waals surface area contributed by atoms with Crippen molar-refractivity contribution in [3.05, 3.63) is 53.9 Å². The molecule has 0 unspecified atom stereocenters. The van der Waals surface area contributed by atoms with Gasteiger partial charge < -0.3 is 13.9 Å². The van der Waals surface area contributed by atoms with Crippen LogP contribution in [0.15, 0.2) is 47.4 Å². The number of aromatic amines is 1. The van der Waals surface area contributed by atoms with E-state index in [1.807, 2.05) is 0 Å². The Morgan fingerprint density at radius 3 is 2.67 bits per heavy atom. The number of H-pyrrole nitrogens is 1. The number of methoxy groups -OCH3 is 1. The lowest BCUT2D eigenvalue weighted by Crippen LogP contribution is -2.09. The molecule has 124 valence electrons. The van der Waals surface area contributed by atoms with Gasteiger partial charge in [-0.2, -0.15) is 8.42 Å². The van der Waals surface area contributed by atoms with Gasteiger partial charge >= 0.3 is 16.1 Å². The predicted octanol–water partition coefficient (Wildman–Crippen LogP) is 2.43. The molecule has 2 aromatic carbocycles. The lowest BCUT2D eigenvalue weighted by atomic mass is 10.2. The topological polar surface area (TPSA) is 98.3 Å². The molecule has 24 heavy (non-hydrogen) atoms. The van der Waals surface area contributed by atoms with E-state index in [1.54, 1.807) is 25.1 Å². The first-order valence-electron chi connectivity index (χ1n) is 6.98. The average Bonchev–Trinajstić information content (AvgIpc) is 2.97. The number of benzene rings is 2. The van der Waals surface area contributed by atoms with Gasteiger partial charge in [0, 0.05) is 6.07 Å². The van der Waals surface area contributed by atoms with Gasteiger partial charge in [-0.3, -0.25) is 0 Å². The molecule has 0 saturated heterocycles. The molecule has 0 atom stereocenters. The minimum absolute atomic E-state index is 0.0335. The Morgan fingerprint density at radius 1 is 1.17 bits per heavy atom. The molecule has 0 radical (unpaired) electrons. The van der Waals surface area contributed by atoms with E-state index >= 15 is 0 Å². The van der Waals surface area contributed by atoms with E-state index in [4.69, 9.17) is 4.18 Å². The number of aromatic nitrogens is 2. The first-order chi connectivity index (χ1) is 11.4. The van der Waals surface area contributed by atoms with Crippen LogP contribution in [0.3, 0.4) is 0 Å². The average molecular weight is 346 g/mol. The van der Waals surface area contributed by atoms with Gasteiger partial charge in [-0.1, -0.05) is 12.1 Å². The van der Waals surface area contributed by atoms with Crippen LogP contribution in [0.25, 0.3) is 11.0 Å². The number of nitrogens with zero attached hydrogens (tertiary/aromatic N) is 1. The fourth-order valence-electron chi connectivity index (χ4n) is 2.18. The Hall–Kier alpha value is -2.87. The van der Waals surface area contributed by atoms with Gasteiger partial charge in [-0.25, -0.2) is 9.78 Å². The molecule has 1 aromatic heterocycles. The van der Waals surface area contributed by atoms with Crippen LogP contribution in [-0.2, 0) is 14.9 Å². The standard InChI is InChI=1S/C16H14N2O5S/c1-10-4-3-5-12(8-10)24(20,21)23-11-6-7-13-14(9-11)18-15(17-13)16(19)22-2/h3-9H,1-2H3,(H,17,18). The molecule has 7 nitrogen and oxygen atoms in total. The zero-order chi connectivity index (χ0) is 17.3. The second kappa shape index (κ2) is 5.97. The fraction of sp³-hybridized carbons (Fsp3) is 0.125. The van der Waals surface area contributed by atoms with Crippen LogP contribution < -0.4 is 4.18 Å². The third kappa shape index (κ3) is 3.09. The number of hydrogen-bond acceptors (Lipinski definition) is 6. The van der Waals surface area contributed by atoms with Gasteiger partial charge in [-0.05, 0) is 36.8 Å². The summed E-state index contributed by atoms with van der Waals surface area (Å²) in [6, 6.07) is 10.9. The number of esters is 1. The number of aryl methyl sites for hydroxylation is 1. The zero-order valence-electron chi connectivity index (χ0n) is 12.9. The maximum atomic E-state index is 12.3. The molecule has 3 aromatic rings. The van der Waals surface area contributed by atoms with Gasteiger partial charge in [-0.15, -0.1) is 0 Å². The molecular formula is C16H14N2O5S. The van der Waals surface area contributed by atoms with Crippen LogP contribution in [0.5, 0.6) is 5.75 Å². The monoisotopic (exact) mass is 346 g/mol. The molecule has 1 N–H and O–H groups in total. The summed E-state index contributed by atoms with van der Waals surface area (Å²) in [6.45, 7) is 1.80. The van der Waals surface area contributed by atoms with Crippen LogP contribution in [-0.4, -0.2) is 31.5 Å². The van der Waals surface area contributed by atoms with E-state index < -0.39 is 16.1 Å². The van der Waals surface area contributed by atoms with Crippen molar-refractivity contribution in [2.75, 3.05) is 7.11 Å².